The number of carbonyl (C=O) groups is 1. The first-order chi connectivity index (χ1) is 11.7. The fourth-order valence-corrected chi connectivity index (χ4v) is 2.81. The molecule has 3 aromatic rings. The Labute approximate surface area is 143 Å². The van der Waals surface area contributed by atoms with Crippen molar-refractivity contribution in [1.82, 2.24) is 9.78 Å². The van der Waals surface area contributed by atoms with Crippen LogP contribution in [0.15, 0.2) is 60.1 Å². The third kappa shape index (κ3) is 3.97. The fraction of sp³-hybridized carbons (Fsp3) is 0.0556. The van der Waals surface area contributed by atoms with Gasteiger partial charge in [0.25, 0.3) is 0 Å². The summed E-state index contributed by atoms with van der Waals surface area (Å²) >= 11 is 1.65. The lowest BCUT2D eigenvalue weighted by atomic mass is 10.1. The second kappa shape index (κ2) is 7.40. The Bertz CT molecular complexity index is 886. The molecule has 0 saturated heterocycles. The van der Waals surface area contributed by atoms with E-state index in [1.165, 1.54) is 11.0 Å². The maximum absolute atomic E-state index is 12.1. The predicted octanol–water partition coefficient (Wildman–Crippen LogP) is 3.52. The standard InChI is InChI=1S/C18H14N4OS/c19-12-15-5-3-14(4-6-15)7-8-18(23)21-17-9-10-20-22(17)13-16-2-1-11-24-16/h1-11H,13H2,(H,21,23). The van der Waals surface area contributed by atoms with Crippen LogP contribution >= 0.6 is 11.3 Å². The summed E-state index contributed by atoms with van der Waals surface area (Å²) in [5.41, 5.74) is 1.45. The number of anilines is 1. The van der Waals surface area contributed by atoms with Crippen molar-refractivity contribution in [1.29, 1.82) is 5.26 Å². The number of hydrogen-bond acceptors (Lipinski definition) is 4. The first-order valence-corrected chi connectivity index (χ1v) is 8.16. The van der Waals surface area contributed by atoms with Gasteiger partial charge in [-0.15, -0.1) is 11.3 Å². The molecule has 1 aromatic carbocycles. The van der Waals surface area contributed by atoms with E-state index in [0.717, 1.165) is 5.56 Å². The molecule has 1 amide bonds. The second-order valence-corrected chi connectivity index (χ2v) is 6.04. The summed E-state index contributed by atoms with van der Waals surface area (Å²) in [4.78, 5) is 13.2. The normalized spacial score (nSPS) is 10.6. The predicted molar refractivity (Wildman–Crippen MR) is 94.5 cm³/mol. The van der Waals surface area contributed by atoms with E-state index in [-0.39, 0.29) is 5.91 Å². The van der Waals surface area contributed by atoms with E-state index in [9.17, 15) is 4.79 Å². The van der Waals surface area contributed by atoms with Crippen molar-refractivity contribution in [3.63, 3.8) is 0 Å². The molecule has 0 bridgehead atoms. The molecule has 24 heavy (non-hydrogen) atoms. The Hall–Kier alpha value is -3.17. The van der Waals surface area contributed by atoms with E-state index >= 15 is 0 Å². The van der Waals surface area contributed by atoms with Crippen molar-refractivity contribution < 1.29 is 4.79 Å². The quantitative estimate of drug-likeness (QED) is 0.726. The highest BCUT2D eigenvalue weighted by Gasteiger charge is 2.06. The number of rotatable bonds is 5. The number of carbonyl (C=O) groups excluding carboxylic acids is 1. The maximum atomic E-state index is 12.1. The van der Waals surface area contributed by atoms with E-state index in [1.807, 2.05) is 17.5 Å². The lowest BCUT2D eigenvalue weighted by Crippen LogP contribution is -2.13. The van der Waals surface area contributed by atoms with E-state index in [1.54, 1.807) is 58.6 Å². The molecule has 0 aliphatic carbocycles. The molecule has 3 rings (SSSR count). The number of hydrogen-bond donors (Lipinski definition) is 1. The van der Waals surface area contributed by atoms with Crippen LogP contribution in [0.1, 0.15) is 16.0 Å². The molecule has 0 spiro atoms. The highest BCUT2D eigenvalue weighted by atomic mass is 32.1. The van der Waals surface area contributed by atoms with Crippen molar-refractivity contribution in [2.45, 2.75) is 6.54 Å². The molecule has 2 aromatic heterocycles. The zero-order valence-electron chi connectivity index (χ0n) is 12.7. The number of nitrogens with zero attached hydrogens (tertiary/aromatic N) is 3. The topological polar surface area (TPSA) is 70.7 Å². The lowest BCUT2D eigenvalue weighted by molar-refractivity contribution is -0.111. The Morgan fingerprint density at radius 3 is 2.83 bits per heavy atom. The van der Waals surface area contributed by atoms with Crippen molar-refractivity contribution in [3.05, 3.63) is 76.1 Å². The maximum Gasteiger partial charge on any atom is 0.249 e. The van der Waals surface area contributed by atoms with Gasteiger partial charge < -0.3 is 5.32 Å². The lowest BCUT2D eigenvalue weighted by Gasteiger charge is -2.06. The van der Waals surface area contributed by atoms with Gasteiger partial charge in [-0.25, -0.2) is 4.68 Å². The van der Waals surface area contributed by atoms with Gasteiger partial charge in [-0.05, 0) is 35.2 Å². The average Bonchev–Trinajstić information content (AvgIpc) is 3.26. The molecule has 6 heteroatoms. The van der Waals surface area contributed by atoms with Crippen molar-refractivity contribution in [3.8, 4) is 6.07 Å². The smallest absolute Gasteiger partial charge is 0.249 e. The highest BCUT2D eigenvalue weighted by molar-refractivity contribution is 7.09. The fourth-order valence-electron chi connectivity index (χ4n) is 2.12. The van der Waals surface area contributed by atoms with E-state index in [4.69, 9.17) is 5.26 Å². The van der Waals surface area contributed by atoms with Gasteiger partial charge in [0.05, 0.1) is 24.4 Å². The van der Waals surface area contributed by atoms with Crippen LogP contribution in [0, 0.1) is 11.3 Å². The van der Waals surface area contributed by atoms with E-state index < -0.39 is 0 Å². The number of thiophene rings is 1. The zero-order chi connectivity index (χ0) is 16.8. The van der Waals surface area contributed by atoms with Gasteiger partial charge in [0.15, 0.2) is 0 Å². The Balaban J connectivity index is 1.63. The van der Waals surface area contributed by atoms with Gasteiger partial charge in [0, 0.05) is 17.0 Å². The minimum Gasteiger partial charge on any atom is -0.307 e. The van der Waals surface area contributed by atoms with Gasteiger partial charge in [0.2, 0.25) is 5.91 Å². The number of nitriles is 1. The average molecular weight is 334 g/mol. The van der Waals surface area contributed by atoms with Gasteiger partial charge >= 0.3 is 0 Å². The summed E-state index contributed by atoms with van der Waals surface area (Å²) in [5, 5.41) is 17.8. The molecule has 0 radical (unpaired) electrons. The van der Waals surface area contributed by atoms with E-state index in [2.05, 4.69) is 16.5 Å². The van der Waals surface area contributed by atoms with Crippen LogP contribution in [-0.4, -0.2) is 15.7 Å². The second-order valence-electron chi connectivity index (χ2n) is 5.01. The van der Waals surface area contributed by atoms with Crippen LogP contribution in [0.2, 0.25) is 0 Å². The van der Waals surface area contributed by atoms with Gasteiger partial charge in [0.1, 0.15) is 5.82 Å². The largest absolute Gasteiger partial charge is 0.307 e. The van der Waals surface area contributed by atoms with E-state index in [0.29, 0.717) is 17.9 Å². The van der Waals surface area contributed by atoms with Crippen molar-refractivity contribution in [2.75, 3.05) is 5.32 Å². The first kappa shape index (κ1) is 15.7. The molecule has 1 N–H and O–H groups in total. The molecular weight excluding hydrogens is 320 g/mol. The number of nitrogens with one attached hydrogen (secondary N) is 1. The molecule has 118 valence electrons. The number of benzene rings is 1. The monoisotopic (exact) mass is 334 g/mol. The Morgan fingerprint density at radius 2 is 2.12 bits per heavy atom. The molecule has 0 aliphatic rings. The van der Waals surface area contributed by atoms with Gasteiger partial charge in [-0.1, -0.05) is 18.2 Å². The first-order valence-electron chi connectivity index (χ1n) is 7.28. The van der Waals surface area contributed by atoms with Gasteiger partial charge in [-0.2, -0.15) is 10.4 Å². The van der Waals surface area contributed by atoms with Crippen LogP contribution in [0.25, 0.3) is 6.08 Å². The summed E-state index contributed by atoms with van der Waals surface area (Å²) < 4.78 is 1.75. The van der Waals surface area contributed by atoms with Crippen LogP contribution in [0.3, 0.4) is 0 Å². The summed E-state index contributed by atoms with van der Waals surface area (Å²) in [5.74, 6) is 0.421. The molecule has 0 aliphatic heterocycles. The highest BCUT2D eigenvalue weighted by Crippen LogP contribution is 2.14. The Kier molecular flexibility index (Phi) is 4.84. The van der Waals surface area contributed by atoms with Crippen LogP contribution in [0.4, 0.5) is 5.82 Å². The van der Waals surface area contributed by atoms with Crippen molar-refractivity contribution in [2.24, 2.45) is 0 Å². The summed E-state index contributed by atoms with van der Waals surface area (Å²) in [6.07, 6.45) is 4.83. The number of aromatic nitrogens is 2. The molecule has 0 fully saturated rings. The SMILES string of the molecule is N#Cc1ccc(C=CC(=O)Nc2ccnn2Cc2cccs2)cc1. The Morgan fingerprint density at radius 1 is 1.29 bits per heavy atom. The molecule has 0 saturated carbocycles. The summed E-state index contributed by atoms with van der Waals surface area (Å²) in [7, 11) is 0. The zero-order valence-corrected chi connectivity index (χ0v) is 13.5. The number of amides is 1. The van der Waals surface area contributed by atoms with Gasteiger partial charge in [-0.3, -0.25) is 4.79 Å². The molecule has 0 atom stereocenters. The molecular formula is C18H14N4OS. The third-order valence-electron chi connectivity index (χ3n) is 3.32. The molecule has 0 unspecified atom stereocenters. The minimum atomic E-state index is -0.229. The van der Waals surface area contributed by atoms with Crippen LogP contribution < -0.4 is 5.32 Å². The molecule has 2 heterocycles. The summed E-state index contributed by atoms with van der Waals surface area (Å²) in [6.45, 7) is 0.625. The third-order valence-corrected chi connectivity index (χ3v) is 4.18. The summed E-state index contributed by atoms with van der Waals surface area (Å²) in [6, 6.07) is 14.9. The minimum absolute atomic E-state index is 0.229. The van der Waals surface area contributed by atoms with Crippen molar-refractivity contribution >= 4 is 29.1 Å². The molecule has 5 nitrogen and oxygen atoms in total. The van der Waals surface area contributed by atoms with Crippen LogP contribution in [-0.2, 0) is 11.3 Å². The van der Waals surface area contributed by atoms with Crippen LogP contribution in [0.5, 0.6) is 0 Å².